The van der Waals surface area contributed by atoms with Crippen molar-refractivity contribution in [3.05, 3.63) is 24.5 Å². The van der Waals surface area contributed by atoms with Gasteiger partial charge in [-0.05, 0) is 26.0 Å². The summed E-state index contributed by atoms with van der Waals surface area (Å²) in [7, 11) is 0. The predicted molar refractivity (Wildman–Crippen MR) is 87.8 cm³/mol. The van der Waals surface area contributed by atoms with Gasteiger partial charge >= 0.3 is 0 Å². The lowest BCUT2D eigenvalue weighted by Gasteiger charge is -2.33. The molecular formula is C17H26N4O2. The number of nitrogens with zero attached hydrogens (tertiary/aromatic N) is 2. The van der Waals surface area contributed by atoms with Gasteiger partial charge in [-0.3, -0.25) is 20.6 Å². The van der Waals surface area contributed by atoms with Crippen molar-refractivity contribution in [3.8, 4) is 5.75 Å². The van der Waals surface area contributed by atoms with Gasteiger partial charge in [-0.2, -0.15) is 0 Å². The molecule has 2 saturated heterocycles. The highest BCUT2D eigenvalue weighted by atomic mass is 16.5. The van der Waals surface area contributed by atoms with Gasteiger partial charge in [-0.25, -0.2) is 0 Å². The maximum atomic E-state index is 12.5. The first-order valence-corrected chi connectivity index (χ1v) is 8.49. The fraction of sp³-hybridized carbons (Fsp3) is 0.647. The number of aromatic nitrogens is 1. The number of rotatable bonds is 4. The van der Waals surface area contributed by atoms with Crippen LogP contribution in [0.4, 0.5) is 0 Å². The number of ether oxygens (including phenoxy) is 1. The zero-order valence-corrected chi connectivity index (χ0v) is 13.9. The molecule has 126 valence electrons. The summed E-state index contributed by atoms with van der Waals surface area (Å²) in [4.78, 5) is 18.5. The first-order valence-electron chi connectivity index (χ1n) is 8.49. The number of pyridine rings is 1. The van der Waals surface area contributed by atoms with Crippen LogP contribution in [0.1, 0.15) is 33.1 Å². The number of likely N-dealkylation sites (tertiary alicyclic amines) is 1. The van der Waals surface area contributed by atoms with Crippen LogP contribution in [-0.2, 0) is 4.79 Å². The monoisotopic (exact) mass is 318 g/mol. The van der Waals surface area contributed by atoms with Crippen LogP contribution >= 0.6 is 0 Å². The van der Waals surface area contributed by atoms with Crippen LogP contribution in [0, 0.1) is 5.92 Å². The first kappa shape index (κ1) is 16.2. The van der Waals surface area contributed by atoms with E-state index in [0.717, 1.165) is 31.7 Å². The Morgan fingerprint density at radius 3 is 2.43 bits per heavy atom. The Labute approximate surface area is 137 Å². The van der Waals surface area contributed by atoms with E-state index in [0.29, 0.717) is 24.4 Å². The molecule has 6 nitrogen and oxygen atoms in total. The number of amides is 1. The highest BCUT2D eigenvalue weighted by Crippen LogP contribution is 2.22. The van der Waals surface area contributed by atoms with E-state index < -0.39 is 0 Å². The normalized spacial score (nSPS) is 28.8. The zero-order chi connectivity index (χ0) is 16.2. The van der Waals surface area contributed by atoms with E-state index in [1.165, 1.54) is 0 Å². The molecule has 0 spiro atoms. The Kier molecular flexibility index (Phi) is 5.13. The van der Waals surface area contributed by atoms with Gasteiger partial charge < -0.3 is 9.64 Å². The number of carbonyl (C=O) groups is 1. The summed E-state index contributed by atoms with van der Waals surface area (Å²) < 4.78 is 5.95. The number of piperidine rings is 1. The number of hydrazine groups is 1. The topological polar surface area (TPSA) is 66.5 Å². The lowest BCUT2D eigenvalue weighted by Crippen LogP contribution is -2.43. The molecule has 23 heavy (non-hydrogen) atoms. The summed E-state index contributed by atoms with van der Waals surface area (Å²) >= 11 is 0. The van der Waals surface area contributed by atoms with Crippen molar-refractivity contribution >= 4 is 5.91 Å². The first-order chi connectivity index (χ1) is 11.1. The highest BCUT2D eigenvalue weighted by Gasteiger charge is 2.33. The van der Waals surface area contributed by atoms with Gasteiger partial charge in [0.05, 0.1) is 0 Å². The van der Waals surface area contributed by atoms with Crippen LogP contribution in [0.3, 0.4) is 0 Å². The Balaban J connectivity index is 1.46. The standard InChI is InChI=1S/C17H26N4O2/c1-12-16(13(2)20-19-12)11-17(22)21-9-5-15(6-10-21)23-14-3-7-18-8-4-14/h3-4,7-8,12-13,15-16,19-20H,5-6,9-11H2,1-2H3. The molecular weight excluding hydrogens is 292 g/mol. The third kappa shape index (κ3) is 4.00. The number of carbonyl (C=O) groups excluding carboxylic acids is 1. The van der Waals surface area contributed by atoms with Crippen LogP contribution in [0.15, 0.2) is 24.5 Å². The van der Waals surface area contributed by atoms with E-state index in [9.17, 15) is 4.79 Å². The molecule has 3 heterocycles. The summed E-state index contributed by atoms with van der Waals surface area (Å²) in [6, 6.07) is 4.42. The molecule has 3 rings (SSSR count). The summed E-state index contributed by atoms with van der Waals surface area (Å²) in [6.45, 7) is 5.82. The maximum Gasteiger partial charge on any atom is 0.222 e. The maximum absolute atomic E-state index is 12.5. The summed E-state index contributed by atoms with van der Waals surface area (Å²) in [5, 5.41) is 0. The lowest BCUT2D eigenvalue weighted by atomic mass is 9.92. The van der Waals surface area contributed by atoms with Crippen LogP contribution in [0.2, 0.25) is 0 Å². The third-order valence-corrected chi connectivity index (χ3v) is 4.98. The van der Waals surface area contributed by atoms with E-state index >= 15 is 0 Å². The molecule has 2 aliphatic heterocycles. The van der Waals surface area contributed by atoms with Crippen molar-refractivity contribution in [3.63, 3.8) is 0 Å². The molecule has 0 aromatic carbocycles. The Bertz CT molecular complexity index is 507. The molecule has 1 aromatic heterocycles. The van der Waals surface area contributed by atoms with E-state index in [4.69, 9.17) is 4.74 Å². The minimum Gasteiger partial charge on any atom is -0.490 e. The van der Waals surface area contributed by atoms with Crippen molar-refractivity contribution in [2.24, 2.45) is 5.92 Å². The molecule has 2 N–H and O–H groups in total. The van der Waals surface area contributed by atoms with Crippen LogP contribution in [0.5, 0.6) is 5.75 Å². The van der Waals surface area contributed by atoms with E-state index in [2.05, 4.69) is 29.7 Å². The van der Waals surface area contributed by atoms with Gasteiger partial charge in [-0.15, -0.1) is 0 Å². The molecule has 6 heteroatoms. The minimum atomic E-state index is 0.189. The van der Waals surface area contributed by atoms with Crippen molar-refractivity contribution in [1.29, 1.82) is 0 Å². The number of nitrogens with one attached hydrogen (secondary N) is 2. The second-order valence-electron chi connectivity index (χ2n) is 6.61. The van der Waals surface area contributed by atoms with Gasteiger partial charge in [-0.1, -0.05) is 0 Å². The second-order valence-corrected chi connectivity index (χ2v) is 6.61. The fourth-order valence-corrected chi connectivity index (χ4v) is 3.43. The zero-order valence-electron chi connectivity index (χ0n) is 13.9. The average Bonchev–Trinajstić information content (AvgIpc) is 2.88. The van der Waals surface area contributed by atoms with Crippen molar-refractivity contribution in [1.82, 2.24) is 20.7 Å². The van der Waals surface area contributed by atoms with Gasteiger partial charge in [0.1, 0.15) is 11.9 Å². The summed E-state index contributed by atoms with van der Waals surface area (Å²) in [5.41, 5.74) is 6.43. The van der Waals surface area contributed by atoms with E-state index in [1.807, 2.05) is 17.0 Å². The van der Waals surface area contributed by atoms with Crippen LogP contribution in [-0.4, -0.2) is 47.1 Å². The number of hydrogen-bond acceptors (Lipinski definition) is 5. The molecule has 2 unspecified atom stereocenters. The van der Waals surface area contributed by atoms with E-state index in [1.54, 1.807) is 12.4 Å². The molecule has 2 fully saturated rings. The lowest BCUT2D eigenvalue weighted by molar-refractivity contribution is -0.134. The van der Waals surface area contributed by atoms with Gasteiger partial charge in [0, 0.05) is 62.7 Å². The third-order valence-electron chi connectivity index (χ3n) is 4.98. The highest BCUT2D eigenvalue weighted by molar-refractivity contribution is 5.76. The molecule has 0 saturated carbocycles. The smallest absolute Gasteiger partial charge is 0.222 e. The fourth-order valence-electron chi connectivity index (χ4n) is 3.43. The Morgan fingerprint density at radius 2 is 1.83 bits per heavy atom. The largest absolute Gasteiger partial charge is 0.490 e. The molecule has 0 radical (unpaired) electrons. The predicted octanol–water partition coefficient (Wildman–Crippen LogP) is 1.34. The van der Waals surface area contributed by atoms with Crippen LogP contribution < -0.4 is 15.6 Å². The van der Waals surface area contributed by atoms with Crippen molar-refractivity contribution in [2.75, 3.05) is 13.1 Å². The Hall–Kier alpha value is -1.66. The van der Waals surface area contributed by atoms with Gasteiger partial charge in [0.25, 0.3) is 0 Å². The molecule has 2 atom stereocenters. The van der Waals surface area contributed by atoms with Crippen LogP contribution in [0.25, 0.3) is 0 Å². The molecule has 0 bridgehead atoms. The van der Waals surface area contributed by atoms with E-state index in [-0.39, 0.29) is 12.0 Å². The van der Waals surface area contributed by atoms with Crippen molar-refractivity contribution < 1.29 is 9.53 Å². The average molecular weight is 318 g/mol. The second kappa shape index (κ2) is 7.27. The van der Waals surface area contributed by atoms with Gasteiger partial charge in [0.2, 0.25) is 5.91 Å². The summed E-state index contributed by atoms with van der Waals surface area (Å²) in [6.07, 6.45) is 6.05. The molecule has 2 aliphatic rings. The number of hydrogen-bond donors (Lipinski definition) is 2. The quantitative estimate of drug-likeness (QED) is 0.877. The molecule has 1 aromatic rings. The molecule has 0 aliphatic carbocycles. The Morgan fingerprint density at radius 1 is 1.22 bits per heavy atom. The minimum absolute atomic E-state index is 0.189. The molecule has 1 amide bonds. The summed E-state index contributed by atoms with van der Waals surface area (Å²) in [5.74, 6) is 1.48. The van der Waals surface area contributed by atoms with Crippen molar-refractivity contribution in [2.45, 2.75) is 51.3 Å². The SMILES string of the molecule is CC1NNC(C)C1CC(=O)N1CCC(Oc2ccncc2)CC1. The van der Waals surface area contributed by atoms with Gasteiger partial charge in [0.15, 0.2) is 0 Å².